The first-order valence-corrected chi connectivity index (χ1v) is 7.04. The zero-order chi connectivity index (χ0) is 16.7. The Morgan fingerprint density at radius 2 is 1.74 bits per heavy atom. The first-order valence-electron chi connectivity index (χ1n) is 7.04. The van der Waals surface area contributed by atoms with Gasteiger partial charge in [0.1, 0.15) is 12.4 Å². The van der Waals surface area contributed by atoms with Gasteiger partial charge in [-0.15, -0.1) is 0 Å². The number of para-hydroxylation sites is 1. The Kier molecular flexibility index (Phi) is 5.52. The van der Waals surface area contributed by atoms with Gasteiger partial charge in [-0.05, 0) is 24.6 Å². The molecule has 0 aliphatic rings. The van der Waals surface area contributed by atoms with Crippen molar-refractivity contribution in [2.45, 2.75) is 13.5 Å². The quantitative estimate of drug-likeness (QED) is 0.804. The van der Waals surface area contributed by atoms with Crippen molar-refractivity contribution in [2.24, 2.45) is 0 Å². The molecule has 23 heavy (non-hydrogen) atoms. The second-order valence-electron chi connectivity index (χ2n) is 4.89. The number of allylic oxidation sites excluding steroid dienone is 1. The number of carbonyl (C=O) groups excluding carboxylic acids is 1. The van der Waals surface area contributed by atoms with Crippen LogP contribution in [0.5, 0.6) is 5.75 Å². The third kappa shape index (κ3) is 5.00. The molecule has 0 heterocycles. The van der Waals surface area contributed by atoms with Crippen LogP contribution in [0.1, 0.15) is 22.8 Å². The molecule has 1 amide bonds. The molecule has 2 aromatic rings. The lowest BCUT2D eigenvalue weighted by Gasteiger charge is -2.12. The molecule has 0 aromatic heterocycles. The molecule has 0 aliphatic heterocycles. The third-order valence-corrected chi connectivity index (χ3v) is 3.02. The Labute approximate surface area is 134 Å². The maximum Gasteiger partial charge on any atom is 0.330 e. The molecule has 2 N–H and O–H groups in total. The summed E-state index contributed by atoms with van der Waals surface area (Å²) in [4.78, 5) is 22.8. The summed E-state index contributed by atoms with van der Waals surface area (Å²) in [5.74, 6) is -1.09. The average Bonchev–Trinajstić information content (AvgIpc) is 2.53. The number of rotatable bonds is 6. The molecule has 0 aliphatic carbocycles. The predicted octanol–water partition coefficient (Wildman–Crippen LogP) is 2.98. The SMILES string of the molecule is CC(=CC(=O)O)NC(=O)c1ccccc1OCc1ccccc1. The Balaban J connectivity index is 2.10. The van der Waals surface area contributed by atoms with Crippen molar-refractivity contribution in [1.29, 1.82) is 0 Å². The Morgan fingerprint density at radius 3 is 2.43 bits per heavy atom. The van der Waals surface area contributed by atoms with Crippen LogP contribution in [0.25, 0.3) is 0 Å². The summed E-state index contributed by atoms with van der Waals surface area (Å²) in [5.41, 5.74) is 1.59. The van der Waals surface area contributed by atoms with E-state index in [0.29, 0.717) is 17.9 Å². The Hall–Kier alpha value is -3.08. The number of ether oxygens (including phenoxy) is 1. The van der Waals surface area contributed by atoms with Gasteiger partial charge in [0.2, 0.25) is 0 Å². The zero-order valence-corrected chi connectivity index (χ0v) is 12.7. The lowest BCUT2D eigenvalue weighted by atomic mass is 10.2. The van der Waals surface area contributed by atoms with Crippen LogP contribution in [0.2, 0.25) is 0 Å². The fraction of sp³-hybridized carbons (Fsp3) is 0.111. The van der Waals surface area contributed by atoms with Crippen LogP contribution >= 0.6 is 0 Å². The molecule has 5 heteroatoms. The molecule has 0 saturated heterocycles. The molecule has 2 rings (SSSR count). The summed E-state index contributed by atoms with van der Waals surface area (Å²) in [6.45, 7) is 1.86. The van der Waals surface area contributed by atoms with E-state index in [1.165, 1.54) is 6.92 Å². The standard InChI is InChI=1S/C18H17NO4/c1-13(11-17(20)21)19-18(22)15-9-5-6-10-16(15)23-12-14-7-3-2-4-8-14/h2-11H,12H2,1H3,(H,19,22)(H,20,21). The van der Waals surface area contributed by atoms with Crippen LogP contribution in [-0.4, -0.2) is 17.0 Å². The Bertz CT molecular complexity index is 723. The van der Waals surface area contributed by atoms with Crippen molar-refractivity contribution >= 4 is 11.9 Å². The molecule has 2 aromatic carbocycles. The number of hydrogen-bond donors (Lipinski definition) is 2. The first kappa shape index (κ1) is 16.3. The van der Waals surface area contributed by atoms with Crippen LogP contribution in [0.4, 0.5) is 0 Å². The molecular formula is C18H17NO4. The molecule has 0 radical (unpaired) electrons. The van der Waals surface area contributed by atoms with Crippen molar-refractivity contribution in [3.05, 3.63) is 77.5 Å². The lowest BCUT2D eigenvalue weighted by molar-refractivity contribution is -0.131. The normalized spacial score (nSPS) is 10.9. The van der Waals surface area contributed by atoms with Crippen LogP contribution < -0.4 is 10.1 Å². The van der Waals surface area contributed by atoms with Crippen molar-refractivity contribution in [3.8, 4) is 5.75 Å². The van der Waals surface area contributed by atoms with E-state index in [1.54, 1.807) is 24.3 Å². The summed E-state index contributed by atoms with van der Waals surface area (Å²) in [7, 11) is 0. The van der Waals surface area contributed by atoms with Gasteiger partial charge in [0.05, 0.1) is 5.56 Å². The van der Waals surface area contributed by atoms with E-state index >= 15 is 0 Å². The van der Waals surface area contributed by atoms with E-state index in [-0.39, 0.29) is 5.70 Å². The van der Waals surface area contributed by atoms with Crippen LogP contribution in [0.15, 0.2) is 66.4 Å². The zero-order valence-electron chi connectivity index (χ0n) is 12.7. The van der Waals surface area contributed by atoms with E-state index in [4.69, 9.17) is 9.84 Å². The molecule has 0 bridgehead atoms. The van der Waals surface area contributed by atoms with Crippen LogP contribution in [0, 0.1) is 0 Å². The number of hydrogen-bond acceptors (Lipinski definition) is 3. The van der Waals surface area contributed by atoms with E-state index in [0.717, 1.165) is 11.6 Å². The van der Waals surface area contributed by atoms with E-state index in [2.05, 4.69) is 5.32 Å². The number of aliphatic carboxylic acids is 1. The highest BCUT2D eigenvalue weighted by atomic mass is 16.5. The highest BCUT2D eigenvalue weighted by Gasteiger charge is 2.12. The summed E-state index contributed by atoms with van der Waals surface area (Å²) < 4.78 is 5.71. The first-order chi connectivity index (χ1) is 11.1. The largest absolute Gasteiger partial charge is 0.488 e. The van der Waals surface area contributed by atoms with Gasteiger partial charge >= 0.3 is 5.97 Å². The van der Waals surface area contributed by atoms with Crippen molar-refractivity contribution < 1.29 is 19.4 Å². The van der Waals surface area contributed by atoms with E-state index in [9.17, 15) is 9.59 Å². The lowest BCUT2D eigenvalue weighted by Crippen LogP contribution is -2.22. The van der Waals surface area contributed by atoms with Crippen molar-refractivity contribution in [2.75, 3.05) is 0 Å². The summed E-state index contributed by atoms with van der Waals surface area (Å²) >= 11 is 0. The van der Waals surface area contributed by atoms with Gasteiger partial charge in [-0.3, -0.25) is 4.79 Å². The maximum absolute atomic E-state index is 12.2. The van der Waals surface area contributed by atoms with Gasteiger partial charge in [0, 0.05) is 11.8 Å². The number of benzene rings is 2. The number of carboxylic acids is 1. The number of carbonyl (C=O) groups is 2. The molecular weight excluding hydrogens is 294 g/mol. The van der Waals surface area contributed by atoms with Crippen LogP contribution in [-0.2, 0) is 11.4 Å². The van der Waals surface area contributed by atoms with Gasteiger partial charge in [-0.1, -0.05) is 42.5 Å². The van der Waals surface area contributed by atoms with Gasteiger partial charge in [0.15, 0.2) is 0 Å². The highest BCUT2D eigenvalue weighted by Crippen LogP contribution is 2.19. The minimum absolute atomic E-state index is 0.250. The molecule has 118 valence electrons. The van der Waals surface area contributed by atoms with Crippen LogP contribution in [0.3, 0.4) is 0 Å². The maximum atomic E-state index is 12.2. The summed E-state index contributed by atoms with van der Waals surface area (Å²) in [6, 6.07) is 16.4. The molecule has 0 fully saturated rings. The van der Waals surface area contributed by atoms with E-state index in [1.807, 2.05) is 30.3 Å². The van der Waals surface area contributed by atoms with Gasteiger partial charge in [0.25, 0.3) is 5.91 Å². The summed E-state index contributed by atoms with van der Waals surface area (Å²) in [5, 5.41) is 11.2. The molecule has 5 nitrogen and oxygen atoms in total. The van der Waals surface area contributed by atoms with Crippen molar-refractivity contribution in [1.82, 2.24) is 5.32 Å². The number of carboxylic acid groups (broad SMARTS) is 1. The molecule has 0 atom stereocenters. The van der Waals surface area contributed by atoms with Crippen molar-refractivity contribution in [3.63, 3.8) is 0 Å². The number of amides is 1. The summed E-state index contributed by atoms with van der Waals surface area (Å²) in [6.07, 6.45) is 0.936. The smallest absolute Gasteiger partial charge is 0.330 e. The van der Waals surface area contributed by atoms with Gasteiger partial charge in [-0.2, -0.15) is 0 Å². The topological polar surface area (TPSA) is 75.6 Å². The minimum atomic E-state index is -1.11. The van der Waals surface area contributed by atoms with Gasteiger partial charge < -0.3 is 15.2 Å². The van der Waals surface area contributed by atoms with E-state index < -0.39 is 11.9 Å². The number of nitrogens with one attached hydrogen (secondary N) is 1. The third-order valence-electron chi connectivity index (χ3n) is 3.02. The Morgan fingerprint density at radius 1 is 1.09 bits per heavy atom. The highest BCUT2D eigenvalue weighted by molar-refractivity contribution is 5.98. The van der Waals surface area contributed by atoms with Gasteiger partial charge in [-0.25, -0.2) is 4.79 Å². The fourth-order valence-corrected chi connectivity index (χ4v) is 1.98. The molecule has 0 saturated carbocycles. The second-order valence-corrected chi connectivity index (χ2v) is 4.89. The average molecular weight is 311 g/mol. The monoisotopic (exact) mass is 311 g/mol. The molecule has 0 spiro atoms. The fourth-order valence-electron chi connectivity index (χ4n) is 1.98. The second kappa shape index (κ2) is 7.79. The minimum Gasteiger partial charge on any atom is -0.488 e. The molecule has 0 unspecified atom stereocenters. The predicted molar refractivity (Wildman–Crippen MR) is 86.1 cm³/mol.